The molecule has 0 fully saturated rings. The molecule has 0 aliphatic carbocycles. The van der Waals surface area contributed by atoms with Gasteiger partial charge in [-0.15, -0.1) is 0 Å². The minimum Gasteiger partial charge on any atom is -0.376 e. The van der Waals surface area contributed by atoms with E-state index < -0.39 is 0 Å². The Morgan fingerprint density at radius 1 is 0.913 bits per heavy atom. The van der Waals surface area contributed by atoms with Gasteiger partial charge in [-0.25, -0.2) is 0 Å². The summed E-state index contributed by atoms with van der Waals surface area (Å²) in [7, 11) is 0. The van der Waals surface area contributed by atoms with Crippen LogP contribution in [0.1, 0.15) is 34.6 Å². The van der Waals surface area contributed by atoms with Gasteiger partial charge in [0, 0.05) is 22.5 Å². The summed E-state index contributed by atoms with van der Waals surface area (Å²) in [6.07, 6.45) is 0. The predicted molar refractivity (Wildman–Crippen MR) is 90.0 cm³/mol. The van der Waals surface area contributed by atoms with Crippen molar-refractivity contribution in [2.24, 2.45) is 0 Å². The van der Waals surface area contributed by atoms with Crippen molar-refractivity contribution in [2.45, 2.75) is 13.8 Å². The Bertz CT molecular complexity index is 753. The van der Waals surface area contributed by atoms with Gasteiger partial charge in [0.15, 0.2) is 11.6 Å². The molecular formula is C18H18N2O3. The number of anilines is 2. The van der Waals surface area contributed by atoms with Crippen LogP contribution < -0.4 is 10.6 Å². The van der Waals surface area contributed by atoms with Gasteiger partial charge in [-0.05, 0) is 38.1 Å². The van der Waals surface area contributed by atoms with Crippen molar-refractivity contribution < 1.29 is 14.4 Å². The Morgan fingerprint density at radius 2 is 1.65 bits per heavy atom. The normalized spacial score (nSPS) is 10.0. The minimum atomic E-state index is -0.260. The maximum absolute atomic E-state index is 12.0. The van der Waals surface area contributed by atoms with Crippen LogP contribution in [0.4, 0.5) is 11.4 Å². The van der Waals surface area contributed by atoms with E-state index in [1.54, 1.807) is 48.5 Å². The van der Waals surface area contributed by atoms with Gasteiger partial charge in [0.1, 0.15) is 0 Å². The fraction of sp³-hybridized carbons (Fsp3) is 0.167. The molecule has 5 heteroatoms. The third kappa shape index (κ3) is 4.51. The van der Waals surface area contributed by atoms with Gasteiger partial charge in [0.2, 0.25) is 5.91 Å². The Labute approximate surface area is 134 Å². The van der Waals surface area contributed by atoms with Crippen LogP contribution in [0.25, 0.3) is 0 Å². The summed E-state index contributed by atoms with van der Waals surface area (Å²) in [4.78, 5) is 34.9. The number of nitrogens with one attached hydrogen (secondary N) is 2. The van der Waals surface area contributed by atoms with E-state index in [2.05, 4.69) is 10.6 Å². The molecule has 0 aromatic heterocycles. The van der Waals surface area contributed by atoms with Gasteiger partial charge < -0.3 is 10.6 Å². The number of para-hydroxylation sites is 1. The van der Waals surface area contributed by atoms with Crippen LogP contribution in [0.2, 0.25) is 0 Å². The first-order chi connectivity index (χ1) is 11.0. The Kier molecular flexibility index (Phi) is 5.25. The van der Waals surface area contributed by atoms with Gasteiger partial charge in [0.25, 0.3) is 0 Å². The van der Waals surface area contributed by atoms with E-state index in [-0.39, 0.29) is 24.0 Å². The molecule has 0 bridgehead atoms. The summed E-state index contributed by atoms with van der Waals surface area (Å²) in [5.41, 5.74) is 2.26. The third-order valence-electron chi connectivity index (χ3n) is 3.30. The first-order valence-corrected chi connectivity index (χ1v) is 7.22. The van der Waals surface area contributed by atoms with Crippen molar-refractivity contribution in [3.05, 3.63) is 59.7 Å². The molecule has 2 aromatic rings. The predicted octanol–water partition coefficient (Wildman–Crippen LogP) is 3.14. The number of carbonyl (C=O) groups is 3. The van der Waals surface area contributed by atoms with E-state index in [4.69, 9.17) is 0 Å². The van der Waals surface area contributed by atoms with Gasteiger partial charge in [-0.1, -0.05) is 24.3 Å². The lowest BCUT2D eigenvalue weighted by Gasteiger charge is -2.11. The molecule has 2 rings (SSSR count). The molecule has 0 aliphatic heterocycles. The highest BCUT2D eigenvalue weighted by molar-refractivity contribution is 6.01. The van der Waals surface area contributed by atoms with Crippen molar-refractivity contribution in [2.75, 3.05) is 17.2 Å². The zero-order chi connectivity index (χ0) is 16.8. The molecule has 0 radical (unpaired) electrons. The highest BCUT2D eigenvalue weighted by Gasteiger charge is 2.08. The zero-order valence-corrected chi connectivity index (χ0v) is 13.1. The first kappa shape index (κ1) is 16.4. The van der Waals surface area contributed by atoms with Crippen molar-refractivity contribution >= 4 is 28.8 Å². The molecule has 0 aliphatic rings. The Morgan fingerprint density at radius 3 is 2.35 bits per heavy atom. The smallest absolute Gasteiger partial charge is 0.243 e. The number of ketones is 2. The minimum absolute atomic E-state index is 0.0224. The van der Waals surface area contributed by atoms with Crippen LogP contribution in [-0.2, 0) is 4.79 Å². The number of hydrogen-bond acceptors (Lipinski definition) is 4. The summed E-state index contributed by atoms with van der Waals surface area (Å²) >= 11 is 0. The second-order valence-corrected chi connectivity index (χ2v) is 5.14. The SMILES string of the molecule is CC(=O)c1cccc(NC(=O)CNc2ccccc2C(C)=O)c1. The van der Waals surface area contributed by atoms with Crippen molar-refractivity contribution in [3.8, 4) is 0 Å². The maximum atomic E-state index is 12.0. The maximum Gasteiger partial charge on any atom is 0.243 e. The molecule has 0 unspecified atom stereocenters. The quantitative estimate of drug-likeness (QED) is 0.804. The van der Waals surface area contributed by atoms with Crippen molar-refractivity contribution in [1.82, 2.24) is 0 Å². The van der Waals surface area contributed by atoms with E-state index in [0.29, 0.717) is 22.5 Å². The van der Waals surface area contributed by atoms with Crippen LogP contribution in [0.5, 0.6) is 0 Å². The molecule has 1 amide bonds. The molecule has 2 aromatic carbocycles. The Balaban J connectivity index is 2.00. The number of hydrogen-bond donors (Lipinski definition) is 2. The van der Waals surface area contributed by atoms with E-state index in [9.17, 15) is 14.4 Å². The molecule has 0 atom stereocenters. The second kappa shape index (κ2) is 7.35. The largest absolute Gasteiger partial charge is 0.376 e. The van der Waals surface area contributed by atoms with E-state index >= 15 is 0 Å². The molecule has 0 saturated carbocycles. The fourth-order valence-electron chi connectivity index (χ4n) is 2.14. The molecule has 0 heterocycles. The average Bonchev–Trinajstić information content (AvgIpc) is 2.53. The van der Waals surface area contributed by atoms with Gasteiger partial charge in [-0.2, -0.15) is 0 Å². The van der Waals surface area contributed by atoms with Crippen LogP contribution in [0, 0.1) is 0 Å². The van der Waals surface area contributed by atoms with Crippen LogP contribution in [0.3, 0.4) is 0 Å². The van der Waals surface area contributed by atoms with Gasteiger partial charge in [0.05, 0.1) is 6.54 Å². The summed E-state index contributed by atoms with van der Waals surface area (Å²) < 4.78 is 0. The molecule has 0 spiro atoms. The first-order valence-electron chi connectivity index (χ1n) is 7.22. The zero-order valence-electron chi connectivity index (χ0n) is 13.1. The number of Topliss-reactive ketones (excluding diaryl/α,β-unsaturated/α-hetero) is 2. The highest BCUT2D eigenvalue weighted by atomic mass is 16.2. The van der Waals surface area contributed by atoms with Crippen LogP contribution in [-0.4, -0.2) is 24.0 Å². The number of amides is 1. The molecule has 118 valence electrons. The molecule has 5 nitrogen and oxygen atoms in total. The number of benzene rings is 2. The van der Waals surface area contributed by atoms with Gasteiger partial charge in [-0.3, -0.25) is 14.4 Å². The van der Waals surface area contributed by atoms with Crippen molar-refractivity contribution in [3.63, 3.8) is 0 Å². The Hall–Kier alpha value is -2.95. The van der Waals surface area contributed by atoms with E-state index in [0.717, 1.165) is 0 Å². The summed E-state index contributed by atoms with van der Waals surface area (Å²) in [5, 5.41) is 5.67. The fourth-order valence-corrected chi connectivity index (χ4v) is 2.14. The highest BCUT2D eigenvalue weighted by Crippen LogP contribution is 2.15. The third-order valence-corrected chi connectivity index (χ3v) is 3.30. The number of carbonyl (C=O) groups excluding carboxylic acids is 3. The lowest BCUT2D eigenvalue weighted by molar-refractivity contribution is -0.114. The standard InChI is InChI=1S/C18H18N2O3/c1-12(21)14-6-5-7-15(10-14)20-18(23)11-19-17-9-4-3-8-16(17)13(2)22/h3-10,19H,11H2,1-2H3,(H,20,23). The summed E-state index contributed by atoms with van der Waals surface area (Å²) in [5.74, 6) is -0.388. The van der Waals surface area contributed by atoms with Gasteiger partial charge >= 0.3 is 0 Å². The van der Waals surface area contributed by atoms with Crippen LogP contribution in [0.15, 0.2) is 48.5 Å². The summed E-state index contributed by atoms with van der Waals surface area (Å²) in [6, 6.07) is 13.8. The topological polar surface area (TPSA) is 75.3 Å². The van der Waals surface area contributed by atoms with E-state index in [1.807, 2.05) is 0 Å². The molecule has 2 N–H and O–H groups in total. The number of rotatable bonds is 6. The molecule has 23 heavy (non-hydrogen) atoms. The van der Waals surface area contributed by atoms with E-state index in [1.165, 1.54) is 13.8 Å². The summed E-state index contributed by atoms with van der Waals surface area (Å²) in [6.45, 7) is 2.98. The van der Waals surface area contributed by atoms with Crippen molar-refractivity contribution in [1.29, 1.82) is 0 Å². The second-order valence-electron chi connectivity index (χ2n) is 5.14. The average molecular weight is 310 g/mol. The lowest BCUT2D eigenvalue weighted by atomic mass is 10.1. The lowest BCUT2D eigenvalue weighted by Crippen LogP contribution is -2.22. The molecular weight excluding hydrogens is 292 g/mol. The monoisotopic (exact) mass is 310 g/mol. The van der Waals surface area contributed by atoms with Crippen LogP contribution >= 0.6 is 0 Å². The molecule has 0 saturated heterocycles.